The Morgan fingerprint density at radius 2 is 1.64 bits per heavy atom. The quantitative estimate of drug-likeness (QED) is 0.355. The predicted molar refractivity (Wildman–Crippen MR) is 112 cm³/mol. The van der Waals surface area contributed by atoms with Gasteiger partial charge >= 0.3 is 6.18 Å². The average Bonchev–Trinajstić information content (AvgIpc) is 3.24. The normalized spacial score (nSPS) is 11.7. The molecular weight excluding hydrogens is 442 g/mol. The lowest BCUT2D eigenvalue weighted by Gasteiger charge is -2.21. The number of nitrogens with one attached hydrogen (secondary N) is 1. The zero-order valence-electron chi connectivity index (χ0n) is 17.9. The van der Waals surface area contributed by atoms with E-state index in [0.29, 0.717) is 25.3 Å². The summed E-state index contributed by atoms with van der Waals surface area (Å²) in [6.07, 6.45) is -3.17. The lowest BCUT2D eigenvalue weighted by atomic mass is 10.1. The van der Waals surface area contributed by atoms with E-state index in [9.17, 15) is 22.4 Å². The highest BCUT2D eigenvalue weighted by Crippen LogP contribution is 2.29. The minimum atomic E-state index is -4.41. The molecule has 10 heteroatoms. The fourth-order valence-electron chi connectivity index (χ4n) is 3.11. The average molecular weight is 465 g/mol. The van der Waals surface area contributed by atoms with E-state index in [4.69, 9.17) is 9.15 Å². The number of carbonyl (C=O) groups excluding carboxylic acids is 1. The van der Waals surface area contributed by atoms with Gasteiger partial charge in [0.1, 0.15) is 12.1 Å². The van der Waals surface area contributed by atoms with Crippen molar-refractivity contribution in [3.63, 3.8) is 0 Å². The zero-order chi connectivity index (χ0) is 23.8. The summed E-state index contributed by atoms with van der Waals surface area (Å²) in [5.41, 5.74) is 0.826. The van der Waals surface area contributed by atoms with Crippen molar-refractivity contribution in [1.82, 2.24) is 15.2 Å². The number of hydrogen-bond acceptors (Lipinski definition) is 5. The van der Waals surface area contributed by atoms with Gasteiger partial charge in [-0.1, -0.05) is 24.3 Å². The summed E-state index contributed by atoms with van der Waals surface area (Å²) in [5, 5.41) is 2.64. The Balaban J connectivity index is 1.73. The molecule has 33 heavy (non-hydrogen) atoms. The highest BCUT2D eigenvalue weighted by molar-refractivity contribution is 5.91. The molecule has 176 valence electrons. The molecule has 1 N–H and O–H groups in total. The highest BCUT2D eigenvalue weighted by Gasteiger charge is 2.30. The largest absolute Gasteiger partial charge is 0.447 e. The Morgan fingerprint density at radius 3 is 2.21 bits per heavy atom. The van der Waals surface area contributed by atoms with Gasteiger partial charge in [0.2, 0.25) is 5.89 Å². The molecule has 0 fully saturated rings. The minimum Gasteiger partial charge on any atom is -0.447 e. The SMILES string of the molecule is COCCNC(=O)c1coc(CN(Cc2ccc(F)cc2)Cc2ccc(C(F)(F)F)cc2)n1. The standard InChI is InChI=1S/C23H23F4N3O3/c1-32-11-10-28-22(31)20-15-33-21(29-20)14-30(13-17-4-8-19(24)9-5-17)12-16-2-6-18(7-3-16)23(25,26)27/h2-9,15H,10-14H2,1H3,(H,28,31). The lowest BCUT2D eigenvalue weighted by molar-refractivity contribution is -0.137. The first kappa shape index (κ1) is 24.4. The van der Waals surface area contributed by atoms with Crippen LogP contribution in [0.15, 0.2) is 59.2 Å². The predicted octanol–water partition coefficient (Wildman–Crippen LogP) is 4.41. The third kappa shape index (κ3) is 7.40. The third-order valence-electron chi connectivity index (χ3n) is 4.74. The van der Waals surface area contributed by atoms with Gasteiger partial charge in [-0.25, -0.2) is 9.37 Å². The molecule has 0 spiro atoms. The number of oxazole rings is 1. The molecule has 3 rings (SSSR count). The molecule has 6 nitrogen and oxygen atoms in total. The van der Waals surface area contributed by atoms with Crippen LogP contribution in [0.25, 0.3) is 0 Å². The van der Waals surface area contributed by atoms with E-state index < -0.39 is 17.6 Å². The summed E-state index contributed by atoms with van der Waals surface area (Å²) in [6, 6.07) is 10.8. The fraction of sp³-hybridized carbons (Fsp3) is 0.304. The van der Waals surface area contributed by atoms with E-state index in [-0.39, 0.29) is 30.5 Å². The maximum Gasteiger partial charge on any atom is 0.416 e. The number of nitrogens with zero attached hydrogens (tertiary/aromatic N) is 2. The van der Waals surface area contributed by atoms with Crippen molar-refractivity contribution in [2.24, 2.45) is 0 Å². The molecule has 0 bridgehead atoms. The van der Waals surface area contributed by atoms with Crippen LogP contribution < -0.4 is 5.32 Å². The van der Waals surface area contributed by atoms with Gasteiger partial charge in [0.05, 0.1) is 18.7 Å². The molecule has 0 saturated carbocycles. The molecular formula is C23H23F4N3O3. The number of hydrogen-bond donors (Lipinski definition) is 1. The number of rotatable bonds is 10. The van der Waals surface area contributed by atoms with Gasteiger partial charge in [0.15, 0.2) is 5.69 Å². The molecule has 0 aliphatic heterocycles. The van der Waals surface area contributed by atoms with Crippen LogP contribution in [0, 0.1) is 5.82 Å². The van der Waals surface area contributed by atoms with E-state index in [2.05, 4.69) is 10.3 Å². The second-order valence-corrected chi connectivity index (χ2v) is 7.34. The van der Waals surface area contributed by atoms with Crippen molar-refractivity contribution in [2.45, 2.75) is 25.8 Å². The van der Waals surface area contributed by atoms with Gasteiger partial charge in [0.25, 0.3) is 5.91 Å². The van der Waals surface area contributed by atoms with Crippen molar-refractivity contribution in [1.29, 1.82) is 0 Å². The van der Waals surface area contributed by atoms with Gasteiger partial charge in [-0.05, 0) is 35.4 Å². The van der Waals surface area contributed by atoms with E-state index in [1.165, 1.54) is 37.6 Å². The summed E-state index contributed by atoms with van der Waals surface area (Å²) in [4.78, 5) is 18.2. The van der Waals surface area contributed by atoms with Crippen molar-refractivity contribution >= 4 is 5.91 Å². The Bertz CT molecular complexity index is 1030. The molecule has 0 radical (unpaired) electrons. The van der Waals surface area contributed by atoms with Crippen LogP contribution in [0.1, 0.15) is 33.1 Å². The highest BCUT2D eigenvalue weighted by atomic mass is 19.4. The number of aromatic nitrogens is 1. The van der Waals surface area contributed by atoms with Crippen LogP contribution in [0.3, 0.4) is 0 Å². The van der Waals surface area contributed by atoms with E-state index in [1.807, 2.05) is 4.90 Å². The summed E-state index contributed by atoms with van der Waals surface area (Å²) in [5.74, 6) is -0.513. The summed E-state index contributed by atoms with van der Waals surface area (Å²) >= 11 is 0. The van der Waals surface area contributed by atoms with E-state index >= 15 is 0 Å². The molecule has 0 saturated heterocycles. The Morgan fingerprint density at radius 1 is 1.03 bits per heavy atom. The number of alkyl halides is 3. The Labute approximate surface area is 188 Å². The number of amides is 1. The molecule has 1 aromatic heterocycles. The number of ether oxygens (including phenoxy) is 1. The Hall–Kier alpha value is -3.24. The molecule has 2 aromatic carbocycles. The van der Waals surface area contributed by atoms with Crippen LogP contribution in [-0.2, 0) is 30.5 Å². The van der Waals surface area contributed by atoms with Crippen LogP contribution in [0.2, 0.25) is 0 Å². The second-order valence-electron chi connectivity index (χ2n) is 7.34. The maximum absolute atomic E-state index is 13.3. The third-order valence-corrected chi connectivity index (χ3v) is 4.74. The summed E-state index contributed by atoms with van der Waals surface area (Å²) in [6.45, 7) is 1.51. The molecule has 0 atom stereocenters. The monoisotopic (exact) mass is 465 g/mol. The summed E-state index contributed by atoms with van der Waals surface area (Å²) < 4.78 is 62.1. The number of carbonyl (C=O) groups is 1. The zero-order valence-corrected chi connectivity index (χ0v) is 17.9. The van der Waals surface area contributed by atoms with Gasteiger partial charge in [-0.3, -0.25) is 9.69 Å². The number of methoxy groups -OCH3 is 1. The van der Waals surface area contributed by atoms with Crippen LogP contribution in [-0.4, -0.2) is 36.1 Å². The first-order chi connectivity index (χ1) is 15.7. The number of benzene rings is 2. The molecule has 0 aliphatic rings. The topological polar surface area (TPSA) is 67.6 Å². The molecule has 1 amide bonds. The second kappa shape index (κ2) is 11.1. The maximum atomic E-state index is 13.3. The van der Waals surface area contributed by atoms with Crippen molar-refractivity contribution in [3.8, 4) is 0 Å². The van der Waals surface area contributed by atoms with Crippen molar-refractivity contribution in [3.05, 3.63) is 88.9 Å². The van der Waals surface area contributed by atoms with Gasteiger partial charge in [-0.2, -0.15) is 13.2 Å². The smallest absolute Gasteiger partial charge is 0.416 e. The fourth-order valence-corrected chi connectivity index (χ4v) is 3.11. The van der Waals surface area contributed by atoms with E-state index in [1.54, 1.807) is 12.1 Å². The molecule has 3 aromatic rings. The van der Waals surface area contributed by atoms with E-state index in [0.717, 1.165) is 17.7 Å². The minimum absolute atomic E-state index is 0.109. The van der Waals surface area contributed by atoms with Crippen molar-refractivity contribution in [2.75, 3.05) is 20.3 Å². The van der Waals surface area contributed by atoms with Crippen molar-refractivity contribution < 1.29 is 31.5 Å². The first-order valence-electron chi connectivity index (χ1n) is 10.1. The molecule has 0 unspecified atom stereocenters. The van der Waals surface area contributed by atoms with Gasteiger partial charge in [0, 0.05) is 26.7 Å². The Kier molecular flexibility index (Phi) is 8.18. The van der Waals surface area contributed by atoms with Crippen LogP contribution in [0.4, 0.5) is 17.6 Å². The lowest BCUT2D eigenvalue weighted by Crippen LogP contribution is -2.27. The van der Waals surface area contributed by atoms with Gasteiger partial charge < -0.3 is 14.5 Å². The summed E-state index contributed by atoms with van der Waals surface area (Å²) in [7, 11) is 1.52. The molecule has 0 aliphatic carbocycles. The van der Waals surface area contributed by atoms with Gasteiger partial charge in [-0.15, -0.1) is 0 Å². The van der Waals surface area contributed by atoms with Crippen LogP contribution in [0.5, 0.6) is 0 Å². The number of halogens is 4. The van der Waals surface area contributed by atoms with Crippen LogP contribution >= 0.6 is 0 Å². The molecule has 1 heterocycles. The first-order valence-corrected chi connectivity index (χ1v) is 10.1.